The molecule has 0 amide bonds. The van der Waals surface area contributed by atoms with E-state index in [1.165, 1.54) is 62.6 Å². The minimum atomic E-state index is -0.225. The molecular weight excluding hydrogens is 323 g/mol. The summed E-state index contributed by atoms with van der Waals surface area (Å²) in [7, 11) is 0. The monoisotopic (exact) mass is 354 g/mol. The highest BCUT2D eigenvalue weighted by molar-refractivity contribution is 5.25. The van der Waals surface area contributed by atoms with E-state index < -0.39 is 0 Å². The topological polar surface area (TPSA) is 9.23 Å². The number of hydrogen-bond donors (Lipinski definition) is 0. The van der Waals surface area contributed by atoms with Crippen molar-refractivity contribution < 1.29 is 9.13 Å². The molecule has 0 heterocycles. The van der Waals surface area contributed by atoms with Crippen molar-refractivity contribution in [3.05, 3.63) is 66.0 Å². The van der Waals surface area contributed by atoms with Gasteiger partial charge in [0.2, 0.25) is 0 Å². The van der Waals surface area contributed by atoms with Crippen LogP contribution in [0.3, 0.4) is 0 Å². The van der Waals surface area contributed by atoms with Crippen molar-refractivity contribution >= 4 is 0 Å². The summed E-state index contributed by atoms with van der Waals surface area (Å²) in [5, 5.41) is 0. The zero-order chi connectivity index (χ0) is 18.2. The van der Waals surface area contributed by atoms with Crippen LogP contribution in [0.15, 0.2) is 54.6 Å². The van der Waals surface area contributed by atoms with E-state index >= 15 is 0 Å². The van der Waals surface area contributed by atoms with Gasteiger partial charge in [0.15, 0.2) is 0 Å². The van der Waals surface area contributed by atoms with Crippen molar-refractivity contribution in [3.8, 4) is 5.75 Å². The lowest BCUT2D eigenvalue weighted by molar-refractivity contribution is 0.168. The fourth-order valence-corrected chi connectivity index (χ4v) is 4.24. The second-order valence-electron chi connectivity index (χ2n) is 7.72. The molecule has 1 fully saturated rings. The van der Waals surface area contributed by atoms with E-state index in [4.69, 9.17) is 4.74 Å². The maximum absolute atomic E-state index is 13.2. The van der Waals surface area contributed by atoms with E-state index in [9.17, 15) is 4.39 Å². The van der Waals surface area contributed by atoms with Crippen LogP contribution >= 0.6 is 0 Å². The second-order valence-corrected chi connectivity index (χ2v) is 7.72. The van der Waals surface area contributed by atoms with E-state index in [-0.39, 0.29) is 11.9 Å². The molecule has 0 spiro atoms. The van der Waals surface area contributed by atoms with Gasteiger partial charge in [0.25, 0.3) is 0 Å². The summed E-state index contributed by atoms with van der Waals surface area (Å²) in [6.07, 6.45) is 10.5. The van der Waals surface area contributed by atoms with E-state index in [2.05, 4.69) is 31.2 Å². The highest BCUT2D eigenvalue weighted by Gasteiger charge is 2.22. The van der Waals surface area contributed by atoms with Gasteiger partial charge in [-0.25, -0.2) is 4.39 Å². The highest BCUT2D eigenvalue weighted by atomic mass is 19.1. The molecule has 3 rings (SSSR count). The van der Waals surface area contributed by atoms with Gasteiger partial charge in [-0.3, -0.25) is 0 Å². The van der Waals surface area contributed by atoms with Crippen LogP contribution in [-0.2, 0) is 0 Å². The fourth-order valence-electron chi connectivity index (χ4n) is 4.24. The van der Waals surface area contributed by atoms with Crippen LogP contribution in [0.5, 0.6) is 5.75 Å². The van der Waals surface area contributed by atoms with Gasteiger partial charge in [-0.2, -0.15) is 0 Å². The van der Waals surface area contributed by atoms with E-state index in [1.807, 2.05) is 6.07 Å². The number of halogens is 1. The van der Waals surface area contributed by atoms with Gasteiger partial charge < -0.3 is 4.74 Å². The Morgan fingerprint density at radius 1 is 0.885 bits per heavy atom. The molecule has 0 saturated heterocycles. The normalized spacial score (nSPS) is 21.3. The van der Waals surface area contributed by atoms with Crippen molar-refractivity contribution in [2.75, 3.05) is 0 Å². The van der Waals surface area contributed by atoms with Crippen LogP contribution in [0.1, 0.15) is 70.0 Å². The average Bonchev–Trinajstić information content (AvgIpc) is 2.69. The van der Waals surface area contributed by atoms with Crippen molar-refractivity contribution in [2.45, 2.75) is 64.4 Å². The molecule has 2 aromatic rings. The first kappa shape index (κ1) is 18.9. The molecule has 1 aliphatic rings. The Morgan fingerprint density at radius 2 is 1.50 bits per heavy atom. The van der Waals surface area contributed by atoms with Crippen molar-refractivity contribution in [3.63, 3.8) is 0 Å². The van der Waals surface area contributed by atoms with Gasteiger partial charge >= 0.3 is 0 Å². The summed E-state index contributed by atoms with van der Waals surface area (Å²) in [4.78, 5) is 0. The standard InChI is InChI=1S/C24H31FO/c1-2-6-19-9-11-20(12-10-19)13-18-24(21-7-4-3-5-8-21)26-23-16-14-22(25)15-17-23/h3-5,7-8,14-17,19-20,24H,2,6,9-13,18H2,1H3/t19-,20-,24?. The van der Waals surface area contributed by atoms with Gasteiger partial charge in [-0.1, -0.05) is 75.8 Å². The molecule has 0 aliphatic heterocycles. The van der Waals surface area contributed by atoms with Crippen LogP contribution in [0.2, 0.25) is 0 Å². The second kappa shape index (κ2) is 9.75. The Balaban J connectivity index is 1.58. The number of rotatable bonds is 8. The van der Waals surface area contributed by atoms with E-state index in [0.717, 1.165) is 24.0 Å². The maximum Gasteiger partial charge on any atom is 0.124 e. The van der Waals surface area contributed by atoms with Crippen LogP contribution in [-0.4, -0.2) is 0 Å². The van der Waals surface area contributed by atoms with E-state index in [0.29, 0.717) is 0 Å². The van der Waals surface area contributed by atoms with Gasteiger partial charge in [-0.05, 0) is 54.5 Å². The quantitative estimate of drug-likeness (QED) is 0.482. The molecule has 1 aliphatic carbocycles. The molecule has 0 radical (unpaired) electrons. The zero-order valence-corrected chi connectivity index (χ0v) is 15.9. The Hall–Kier alpha value is -1.83. The molecule has 2 heteroatoms. The van der Waals surface area contributed by atoms with Crippen LogP contribution in [0.4, 0.5) is 4.39 Å². The lowest BCUT2D eigenvalue weighted by atomic mass is 9.78. The summed E-state index contributed by atoms with van der Waals surface area (Å²) in [5.41, 5.74) is 1.21. The minimum absolute atomic E-state index is 0.0371. The summed E-state index contributed by atoms with van der Waals surface area (Å²) < 4.78 is 19.4. The number of benzene rings is 2. The minimum Gasteiger partial charge on any atom is -0.486 e. The Labute approximate surface area is 157 Å². The maximum atomic E-state index is 13.2. The molecule has 140 valence electrons. The summed E-state index contributed by atoms with van der Waals surface area (Å²) in [6.45, 7) is 2.29. The third kappa shape index (κ3) is 5.59. The Kier molecular flexibility index (Phi) is 7.11. The molecule has 1 saturated carbocycles. The molecule has 26 heavy (non-hydrogen) atoms. The van der Waals surface area contributed by atoms with Gasteiger partial charge in [0.1, 0.15) is 17.7 Å². The van der Waals surface area contributed by atoms with Gasteiger partial charge in [-0.15, -0.1) is 0 Å². The predicted molar refractivity (Wildman–Crippen MR) is 106 cm³/mol. The molecular formula is C24H31FO. The molecule has 0 N–H and O–H groups in total. The molecule has 1 atom stereocenters. The van der Waals surface area contributed by atoms with Crippen molar-refractivity contribution in [1.82, 2.24) is 0 Å². The third-order valence-corrected chi connectivity index (χ3v) is 5.76. The first-order valence-electron chi connectivity index (χ1n) is 10.2. The molecule has 1 nitrogen and oxygen atoms in total. The van der Waals surface area contributed by atoms with E-state index in [1.54, 1.807) is 12.1 Å². The van der Waals surface area contributed by atoms with Gasteiger partial charge in [0.05, 0.1) is 0 Å². The third-order valence-electron chi connectivity index (χ3n) is 5.76. The summed E-state index contributed by atoms with van der Waals surface area (Å²) >= 11 is 0. The van der Waals surface area contributed by atoms with Gasteiger partial charge in [0, 0.05) is 0 Å². The molecule has 2 aromatic carbocycles. The van der Waals surface area contributed by atoms with Crippen molar-refractivity contribution in [1.29, 1.82) is 0 Å². The lowest BCUT2D eigenvalue weighted by Crippen LogP contribution is -2.16. The zero-order valence-electron chi connectivity index (χ0n) is 15.9. The smallest absolute Gasteiger partial charge is 0.124 e. The first-order valence-corrected chi connectivity index (χ1v) is 10.2. The van der Waals surface area contributed by atoms with Crippen LogP contribution in [0, 0.1) is 17.7 Å². The first-order chi connectivity index (χ1) is 12.7. The van der Waals surface area contributed by atoms with Crippen LogP contribution < -0.4 is 4.74 Å². The predicted octanol–water partition coefficient (Wildman–Crippen LogP) is 7.33. The molecule has 0 bridgehead atoms. The van der Waals surface area contributed by atoms with Crippen molar-refractivity contribution in [2.24, 2.45) is 11.8 Å². The summed E-state index contributed by atoms with van der Waals surface area (Å²) in [5.74, 6) is 2.30. The lowest BCUT2D eigenvalue weighted by Gasteiger charge is -2.29. The largest absolute Gasteiger partial charge is 0.486 e. The fraction of sp³-hybridized carbons (Fsp3) is 0.500. The molecule has 1 unspecified atom stereocenters. The average molecular weight is 355 g/mol. The Bertz CT molecular complexity index is 629. The SMILES string of the molecule is CCC[C@H]1CC[C@H](CCC(Oc2ccc(F)cc2)c2ccccc2)CC1. The molecule has 0 aromatic heterocycles. The Morgan fingerprint density at radius 3 is 2.12 bits per heavy atom. The number of ether oxygens (including phenoxy) is 1. The highest BCUT2D eigenvalue weighted by Crippen LogP contribution is 2.36. The summed E-state index contributed by atoms with van der Waals surface area (Å²) in [6, 6.07) is 16.8. The van der Waals surface area contributed by atoms with Crippen LogP contribution in [0.25, 0.3) is 0 Å². The number of hydrogen-bond acceptors (Lipinski definition) is 1.